The molecule has 2 rings (SSSR count). The Morgan fingerprint density at radius 2 is 2.33 bits per heavy atom. The second-order valence-electron chi connectivity index (χ2n) is 4.82. The maximum Gasteiger partial charge on any atom is 0.272 e. The number of aromatic nitrogens is 1. The molecule has 0 bridgehead atoms. The van der Waals surface area contributed by atoms with Gasteiger partial charge in [-0.25, -0.2) is 0 Å². The number of hydrogen-bond donors (Lipinski definition) is 1. The number of carbonyl (C=O) groups excluding carboxylic acids is 1. The number of rotatable bonds is 3. The third-order valence-corrected chi connectivity index (χ3v) is 3.33. The van der Waals surface area contributed by atoms with Crippen LogP contribution in [0.5, 0.6) is 0 Å². The third kappa shape index (κ3) is 2.61. The van der Waals surface area contributed by atoms with Crippen LogP contribution in [0.1, 0.15) is 16.9 Å². The summed E-state index contributed by atoms with van der Waals surface area (Å²) in [5, 5.41) is 3.29. The Morgan fingerprint density at radius 3 is 2.94 bits per heavy atom. The highest BCUT2D eigenvalue weighted by molar-refractivity contribution is 5.92. The van der Waals surface area contributed by atoms with E-state index in [1.807, 2.05) is 19.2 Å². The molecule has 5 nitrogen and oxygen atoms in total. The molecule has 0 radical (unpaired) electrons. The van der Waals surface area contributed by atoms with Gasteiger partial charge in [-0.3, -0.25) is 9.78 Å². The van der Waals surface area contributed by atoms with Crippen LogP contribution in [0.3, 0.4) is 0 Å². The lowest BCUT2D eigenvalue weighted by Gasteiger charge is -2.19. The predicted molar refractivity (Wildman–Crippen MR) is 71.9 cm³/mol. The number of pyridine rings is 1. The SMILES string of the molecule is CNC1CCN(c2ccnc(C(=O)N(C)C)c2)C1. The summed E-state index contributed by atoms with van der Waals surface area (Å²) in [6.45, 7) is 2.00. The summed E-state index contributed by atoms with van der Waals surface area (Å²) < 4.78 is 0. The average molecular weight is 248 g/mol. The molecule has 1 atom stereocenters. The second kappa shape index (κ2) is 5.35. The van der Waals surface area contributed by atoms with Gasteiger partial charge in [-0.2, -0.15) is 0 Å². The predicted octanol–water partition coefficient (Wildman–Crippen LogP) is 0.581. The zero-order valence-corrected chi connectivity index (χ0v) is 11.2. The monoisotopic (exact) mass is 248 g/mol. The molecule has 0 saturated carbocycles. The van der Waals surface area contributed by atoms with Gasteiger partial charge in [0.15, 0.2) is 0 Å². The molecule has 18 heavy (non-hydrogen) atoms. The highest BCUT2D eigenvalue weighted by Gasteiger charge is 2.22. The molecule has 1 fully saturated rings. The van der Waals surface area contributed by atoms with Crippen LogP contribution < -0.4 is 10.2 Å². The average Bonchev–Trinajstić information content (AvgIpc) is 2.86. The Hall–Kier alpha value is -1.62. The quantitative estimate of drug-likeness (QED) is 0.850. The van der Waals surface area contributed by atoms with Crippen LogP contribution in [0.2, 0.25) is 0 Å². The van der Waals surface area contributed by atoms with Gasteiger partial charge in [0, 0.05) is 45.1 Å². The van der Waals surface area contributed by atoms with E-state index in [1.165, 1.54) is 0 Å². The van der Waals surface area contributed by atoms with Crippen molar-refractivity contribution in [1.82, 2.24) is 15.2 Å². The molecule has 1 N–H and O–H groups in total. The summed E-state index contributed by atoms with van der Waals surface area (Å²) in [5.74, 6) is -0.0544. The van der Waals surface area contributed by atoms with Gasteiger partial charge in [-0.15, -0.1) is 0 Å². The normalized spacial score (nSPS) is 19.1. The molecule has 1 unspecified atom stereocenters. The van der Waals surface area contributed by atoms with Gasteiger partial charge in [0.1, 0.15) is 5.69 Å². The zero-order chi connectivity index (χ0) is 13.1. The van der Waals surface area contributed by atoms with Crippen LogP contribution in [0.15, 0.2) is 18.3 Å². The molecule has 1 amide bonds. The Labute approximate surface area is 108 Å². The van der Waals surface area contributed by atoms with Gasteiger partial charge in [0.25, 0.3) is 5.91 Å². The number of anilines is 1. The number of carbonyl (C=O) groups is 1. The first-order chi connectivity index (χ1) is 8.61. The fraction of sp³-hybridized carbons (Fsp3) is 0.538. The molecule has 1 aliphatic rings. The van der Waals surface area contributed by atoms with E-state index < -0.39 is 0 Å². The minimum absolute atomic E-state index is 0.0544. The van der Waals surface area contributed by atoms with Gasteiger partial charge in [-0.05, 0) is 25.6 Å². The van der Waals surface area contributed by atoms with Crippen LogP contribution in [-0.2, 0) is 0 Å². The highest BCUT2D eigenvalue weighted by Crippen LogP contribution is 2.20. The summed E-state index contributed by atoms with van der Waals surface area (Å²) in [7, 11) is 5.47. The molecule has 1 aliphatic heterocycles. The van der Waals surface area contributed by atoms with Crippen molar-refractivity contribution in [2.24, 2.45) is 0 Å². The summed E-state index contributed by atoms with van der Waals surface area (Å²) in [5.41, 5.74) is 1.58. The first kappa shape index (κ1) is 12.8. The molecule has 1 aromatic rings. The first-order valence-electron chi connectivity index (χ1n) is 6.21. The van der Waals surface area contributed by atoms with Crippen LogP contribution >= 0.6 is 0 Å². The fourth-order valence-corrected chi connectivity index (χ4v) is 2.19. The van der Waals surface area contributed by atoms with Gasteiger partial charge >= 0.3 is 0 Å². The van der Waals surface area contributed by atoms with Crippen molar-refractivity contribution in [3.05, 3.63) is 24.0 Å². The summed E-state index contributed by atoms with van der Waals surface area (Å²) in [6, 6.07) is 4.37. The number of hydrogen-bond acceptors (Lipinski definition) is 4. The highest BCUT2D eigenvalue weighted by atomic mass is 16.2. The Morgan fingerprint density at radius 1 is 1.56 bits per heavy atom. The maximum absolute atomic E-state index is 11.9. The first-order valence-corrected chi connectivity index (χ1v) is 6.21. The number of likely N-dealkylation sites (N-methyl/N-ethyl adjacent to an activating group) is 1. The van der Waals surface area contributed by atoms with Crippen LogP contribution in [0.4, 0.5) is 5.69 Å². The molecular weight excluding hydrogens is 228 g/mol. The van der Waals surface area contributed by atoms with Crippen LogP contribution in [0, 0.1) is 0 Å². The van der Waals surface area contributed by atoms with E-state index in [9.17, 15) is 4.79 Å². The van der Waals surface area contributed by atoms with Gasteiger partial charge in [-0.1, -0.05) is 0 Å². The van der Waals surface area contributed by atoms with Crippen molar-refractivity contribution < 1.29 is 4.79 Å². The maximum atomic E-state index is 11.9. The van der Waals surface area contributed by atoms with E-state index in [0.717, 1.165) is 25.2 Å². The van der Waals surface area contributed by atoms with Crippen molar-refractivity contribution >= 4 is 11.6 Å². The molecule has 1 aromatic heterocycles. The van der Waals surface area contributed by atoms with Gasteiger partial charge in [0.05, 0.1) is 0 Å². The van der Waals surface area contributed by atoms with Gasteiger partial charge < -0.3 is 15.1 Å². The van der Waals surface area contributed by atoms with Crippen molar-refractivity contribution in [3.8, 4) is 0 Å². The van der Waals surface area contributed by atoms with E-state index >= 15 is 0 Å². The minimum Gasteiger partial charge on any atom is -0.370 e. The molecule has 2 heterocycles. The van der Waals surface area contributed by atoms with Crippen molar-refractivity contribution in [1.29, 1.82) is 0 Å². The summed E-state index contributed by atoms with van der Waals surface area (Å²) >= 11 is 0. The molecule has 0 spiro atoms. The number of amides is 1. The summed E-state index contributed by atoms with van der Waals surface area (Å²) in [4.78, 5) is 19.8. The smallest absolute Gasteiger partial charge is 0.272 e. The summed E-state index contributed by atoms with van der Waals surface area (Å²) in [6.07, 6.45) is 2.84. The number of nitrogens with zero attached hydrogens (tertiary/aromatic N) is 3. The van der Waals surface area contributed by atoms with Crippen molar-refractivity contribution in [2.45, 2.75) is 12.5 Å². The van der Waals surface area contributed by atoms with Crippen LogP contribution in [-0.4, -0.2) is 56.1 Å². The van der Waals surface area contributed by atoms with E-state index in [2.05, 4.69) is 15.2 Å². The molecule has 98 valence electrons. The van der Waals surface area contributed by atoms with E-state index in [0.29, 0.717) is 11.7 Å². The second-order valence-corrected chi connectivity index (χ2v) is 4.82. The third-order valence-electron chi connectivity index (χ3n) is 3.33. The molecule has 5 heteroatoms. The lowest BCUT2D eigenvalue weighted by Crippen LogP contribution is -2.29. The standard InChI is InChI=1S/C13H20N4O/c1-14-10-5-7-17(9-10)11-4-6-15-12(8-11)13(18)16(2)3/h4,6,8,10,14H,5,7,9H2,1-3H3. The van der Waals surface area contributed by atoms with E-state index in [1.54, 1.807) is 25.2 Å². The topological polar surface area (TPSA) is 48.5 Å². The molecule has 0 aliphatic carbocycles. The zero-order valence-electron chi connectivity index (χ0n) is 11.2. The van der Waals surface area contributed by atoms with Crippen molar-refractivity contribution in [2.75, 3.05) is 39.1 Å². The van der Waals surface area contributed by atoms with Crippen LogP contribution in [0.25, 0.3) is 0 Å². The van der Waals surface area contributed by atoms with Crippen molar-refractivity contribution in [3.63, 3.8) is 0 Å². The Bertz CT molecular complexity index is 433. The number of nitrogens with one attached hydrogen (secondary N) is 1. The Kier molecular flexibility index (Phi) is 3.81. The molecule has 0 aromatic carbocycles. The lowest BCUT2D eigenvalue weighted by molar-refractivity contribution is 0.0822. The minimum atomic E-state index is -0.0544. The van der Waals surface area contributed by atoms with E-state index in [-0.39, 0.29) is 5.91 Å². The molecule has 1 saturated heterocycles. The van der Waals surface area contributed by atoms with E-state index in [4.69, 9.17) is 0 Å². The largest absolute Gasteiger partial charge is 0.370 e. The van der Waals surface area contributed by atoms with Gasteiger partial charge in [0.2, 0.25) is 0 Å². The lowest BCUT2D eigenvalue weighted by atomic mass is 10.2. The Balaban J connectivity index is 2.15. The fourth-order valence-electron chi connectivity index (χ4n) is 2.19. The molecular formula is C13H20N4O.